The molecule has 96 valence electrons. The van der Waals surface area contributed by atoms with Crippen molar-refractivity contribution in [3.8, 4) is 5.75 Å². The van der Waals surface area contributed by atoms with E-state index in [1.54, 1.807) is 24.3 Å². The Hall–Kier alpha value is -0.940. The van der Waals surface area contributed by atoms with Crippen molar-refractivity contribution in [1.82, 2.24) is 0 Å². The molecule has 0 radical (unpaired) electrons. The van der Waals surface area contributed by atoms with Gasteiger partial charge in [-0.2, -0.15) is 0 Å². The Bertz CT molecular complexity index is 460. The third-order valence-electron chi connectivity index (χ3n) is 1.87. The molecular weight excluding hydrogens is 262 g/mol. The van der Waals surface area contributed by atoms with Gasteiger partial charge in [0.2, 0.25) is 10.0 Å². The maximum Gasteiger partial charge on any atom is 0.246 e. The summed E-state index contributed by atoms with van der Waals surface area (Å²) in [7, 11) is -3.50. The van der Waals surface area contributed by atoms with Gasteiger partial charge in [-0.3, -0.25) is 4.72 Å². The van der Waals surface area contributed by atoms with Gasteiger partial charge in [-0.1, -0.05) is 26.0 Å². The topological polar surface area (TPSA) is 55.4 Å². The molecule has 0 unspecified atom stereocenters. The molecule has 0 aliphatic carbocycles. The predicted molar refractivity (Wildman–Crippen MR) is 70.0 cm³/mol. The Balaban J connectivity index is 2.85. The number of halogens is 1. The summed E-state index contributed by atoms with van der Waals surface area (Å²) in [6.45, 7) is 4.57. The Morgan fingerprint density at radius 3 is 2.59 bits per heavy atom. The van der Waals surface area contributed by atoms with E-state index in [1.807, 2.05) is 13.8 Å². The molecule has 0 heterocycles. The molecule has 0 aliphatic rings. The van der Waals surface area contributed by atoms with Gasteiger partial charge in [-0.25, -0.2) is 8.42 Å². The van der Waals surface area contributed by atoms with E-state index in [0.717, 1.165) is 0 Å². The highest BCUT2D eigenvalue weighted by Crippen LogP contribution is 2.25. The van der Waals surface area contributed by atoms with Crippen LogP contribution in [0.4, 0.5) is 5.69 Å². The average Bonchev–Trinajstić information content (AvgIpc) is 2.27. The number of alkyl halides is 1. The van der Waals surface area contributed by atoms with E-state index in [2.05, 4.69) is 4.72 Å². The first-order chi connectivity index (χ1) is 7.94. The molecule has 1 aromatic rings. The van der Waals surface area contributed by atoms with Crippen LogP contribution in [0.3, 0.4) is 0 Å². The van der Waals surface area contributed by atoms with Gasteiger partial charge >= 0.3 is 0 Å². The molecule has 1 aromatic carbocycles. The minimum atomic E-state index is -3.50. The normalized spacial score (nSPS) is 11.5. The fourth-order valence-corrected chi connectivity index (χ4v) is 1.85. The van der Waals surface area contributed by atoms with Crippen molar-refractivity contribution in [1.29, 1.82) is 0 Å². The van der Waals surface area contributed by atoms with E-state index in [0.29, 0.717) is 24.0 Å². The van der Waals surface area contributed by atoms with E-state index in [-0.39, 0.29) is 0 Å². The molecule has 0 saturated carbocycles. The van der Waals surface area contributed by atoms with Crippen LogP contribution < -0.4 is 9.46 Å². The summed E-state index contributed by atoms with van der Waals surface area (Å²) in [6.07, 6.45) is 0. The molecule has 17 heavy (non-hydrogen) atoms. The molecular formula is C11H16ClNO3S. The van der Waals surface area contributed by atoms with Crippen LogP contribution in [0, 0.1) is 5.92 Å². The summed E-state index contributed by atoms with van der Waals surface area (Å²) in [5, 5.41) is -0.481. The Morgan fingerprint density at radius 2 is 2.00 bits per heavy atom. The SMILES string of the molecule is CC(C)COc1ccccc1NS(=O)(=O)CCl. The van der Waals surface area contributed by atoms with Crippen LogP contribution in [0.1, 0.15) is 13.8 Å². The molecule has 0 fully saturated rings. The standard InChI is InChI=1S/C11H16ClNO3S/c1-9(2)7-16-11-6-4-3-5-10(11)13-17(14,15)8-12/h3-6,9,13H,7-8H2,1-2H3. The van der Waals surface area contributed by atoms with Crippen molar-refractivity contribution in [3.63, 3.8) is 0 Å². The smallest absolute Gasteiger partial charge is 0.246 e. The number of hydrogen-bond donors (Lipinski definition) is 1. The van der Waals surface area contributed by atoms with Crippen LogP contribution in [0.25, 0.3) is 0 Å². The predicted octanol–water partition coefficient (Wildman–Crippen LogP) is 2.66. The zero-order chi connectivity index (χ0) is 12.9. The number of anilines is 1. The highest BCUT2D eigenvalue weighted by Gasteiger charge is 2.11. The van der Waals surface area contributed by atoms with Gasteiger partial charge in [0.25, 0.3) is 0 Å². The number of rotatable bonds is 6. The van der Waals surface area contributed by atoms with Crippen molar-refractivity contribution in [2.24, 2.45) is 5.92 Å². The fraction of sp³-hybridized carbons (Fsp3) is 0.455. The van der Waals surface area contributed by atoms with Crippen LogP contribution >= 0.6 is 11.6 Å². The lowest BCUT2D eigenvalue weighted by Gasteiger charge is -2.13. The summed E-state index contributed by atoms with van der Waals surface area (Å²) in [6, 6.07) is 6.87. The van der Waals surface area contributed by atoms with Crippen molar-refractivity contribution in [2.75, 3.05) is 16.5 Å². The van der Waals surface area contributed by atoms with Crippen molar-refractivity contribution < 1.29 is 13.2 Å². The molecule has 1 rings (SSSR count). The van der Waals surface area contributed by atoms with Crippen molar-refractivity contribution in [2.45, 2.75) is 13.8 Å². The minimum Gasteiger partial charge on any atom is -0.491 e. The van der Waals surface area contributed by atoms with Gasteiger partial charge in [-0.15, -0.1) is 11.6 Å². The average molecular weight is 278 g/mol. The van der Waals surface area contributed by atoms with E-state index < -0.39 is 15.2 Å². The summed E-state index contributed by atoms with van der Waals surface area (Å²) in [5.74, 6) is 0.877. The van der Waals surface area contributed by atoms with Crippen molar-refractivity contribution >= 4 is 27.3 Å². The van der Waals surface area contributed by atoms with Crippen LogP contribution in [-0.2, 0) is 10.0 Å². The largest absolute Gasteiger partial charge is 0.491 e. The highest BCUT2D eigenvalue weighted by molar-refractivity contribution is 7.93. The first-order valence-electron chi connectivity index (χ1n) is 5.23. The quantitative estimate of drug-likeness (QED) is 0.814. The van der Waals surface area contributed by atoms with Gasteiger partial charge < -0.3 is 4.74 Å². The number of nitrogens with one attached hydrogen (secondary N) is 1. The van der Waals surface area contributed by atoms with Crippen LogP contribution in [0.15, 0.2) is 24.3 Å². The number of para-hydroxylation sites is 2. The van der Waals surface area contributed by atoms with Crippen molar-refractivity contribution in [3.05, 3.63) is 24.3 Å². The number of hydrogen-bond acceptors (Lipinski definition) is 3. The minimum absolute atomic E-state index is 0.368. The Morgan fingerprint density at radius 1 is 1.35 bits per heavy atom. The third-order valence-corrected chi connectivity index (χ3v) is 3.55. The van der Waals surface area contributed by atoms with Gasteiger partial charge in [0.05, 0.1) is 12.3 Å². The van der Waals surface area contributed by atoms with Gasteiger partial charge in [0.1, 0.15) is 11.0 Å². The number of sulfonamides is 1. The molecule has 0 bridgehead atoms. The van der Waals surface area contributed by atoms with E-state index in [4.69, 9.17) is 16.3 Å². The summed E-state index contributed by atoms with van der Waals surface area (Å²) in [5.41, 5.74) is 0.411. The monoisotopic (exact) mass is 277 g/mol. The maximum absolute atomic E-state index is 11.4. The second-order valence-corrected chi connectivity index (χ2v) is 6.33. The van der Waals surface area contributed by atoms with Gasteiger partial charge in [0.15, 0.2) is 0 Å². The van der Waals surface area contributed by atoms with Gasteiger partial charge in [-0.05, 0) is 18.1 Å². The molecule has 0 atom stereocenters. The van der Waals surface area contributed by atoms with Crippen LogP contribution in [0.5, 0.6) is 5.75 Å². The molecule has 4 nitrogen and oxygen atoms in total. The molecule has 0 aromatic heterocycles. The summed E-state index contributed by atoms with van der Waals surface area (Å²) >= 11 is 5.33. The maximum atomic E-state index is 11.4. The molecule has 0 aliphatic heterocycles. The molecule has 1 N–H and O–H groups in total. The molecule has 0 spiro atoms. The lowest BCUT2D eigenvalue weighted by molar-refractivity contribution is 0.272. The highest BCUT2D eigenvalue weighted by atomic mass is 35.5. The Kier molecular flexibility index (Phi) is 5.08. The second kappa shape index (κ2) is 6.12. The molecule has 6 heteroatoms. The lowest BCUT2D eigenvalue weighted by atomic mass is 10.2. The fourth-order valence-electron chi connectivity index (χ4n) is 1.13. The van der Waals surface area contributed by atoms with E-state index in [1.165, 1.54) is 0 Å². The Labute approximate surface area is 107 Å². The molecule has 0 amide bonds. The zero-order valence-corrected chi connectivity index (χ0v) is 11.4. The van der Waals surface area contributed by atoms with E-state index in [9.17, 15) is 8.42 Å². The van der Waals surface area contributed by atoms with Gasteiger partial charge in [0, 0.05) is 0 Å². The zero-order valence-electron chi connectivity index (χ0n) is 9.81. The summed E-state index contributed by atoms with van der Waals surface area (Å²) < 4.78 is 30.6. The van der Waals surface area contributed by atoms with Crippen LogP contribution in [0.2, 0.25) is 0 Å². The third kappa shape index (κ3) is 4.83. The molecule has 0 saturated heterocycles. The number of ether oxygens (including phenoxy) is 1. The van der Waals surface area contributed by atoms with E-state index >= 15 is 0 Å². The first kappa shape index (κ1) is 14.1. The first-order valence-corrected chi connectivity index (χ1v) is 7.41. The summed E-state index contributed by atoms with van der Waals surface area (Å²) in [4.78, 5) is 0. The van der Waals surface area contributed by atoms with Crippen LogP contribution in [-0.4, -0.2) is 20.2 Å². The lowest BCUT2D eigenvalue weighted by Crippen LogP contribution is -2.15. The second-order valence-electron chi connectivity index (χ2n) is 4.03. The number of benzene rings is 1.